The number of aromatic nitrogens is 2. The van der Waals surface area contributed by atoms with Crippen LogP contribution in [0.2, 0.25) is 5.02 Å². The van der Waals surface area contributed by atoms with Crippen molar-refractivity contribution in [2.24, 2.45) is 7.05 Å². The van der Waals surface area contributed by atoms with Gasteiger partial charge in [-0.25, -0.2) is 13.1 Å². The van der Waals surface area contributed by atoms with Crippen molar-refractivity contribution in [3.05, 3.63) is 52.6 Å². The maximum Gasteiger partial charge on any atom is 0.211 e. The Labute approximate surface area is 194 Å². The van der Waals surface area contributed by atoms with E-state index in [1.807, 2.05) is 24.3 Å². The fraction of sp³-hybridized carbons (Fsp3) is 0.609. The van der Waals surface area contributed by atoms with Crippen molar-refractivity contribution in [2.75, 3.05) is 25.2 Å². The zero-order valence-electron chi connectivity index (χ0n) is 18.6. The van der Waals surface area contributed by atoms with Gasteiger partial charge in [-0.15, -0.1) is 0 Å². The first-order chi connectivity index (χ1) is 15.2. The van der Waals surface area contributed by atoms with Gasteiger partial charge in [0.15, 0.2) is 0 Å². The molecular weight excluding hydrogens is 453 g/mol. The lowest BCUT2D eigenvalue weighted by atomic mass is 9.82. The number of aryl methyl sites for hydroxylation is 1. The molecule has 1 saturated heterocycles. The zero-order valence-corrected chi connectivity index (χ0v) is 20.2. The summed E-state index contributed by atoms with van der Waals surface area (Å²) in [5, 5.41) is 5.04. The summed E-state index contributed by atoms with van der Waals surface area (Å²) in [5.41, 5.74) is 2.02. The van der Waals surface area contributed by atoms with E-state index in [1.54, 1.807) is 13.1 Å². The predicted octanol–water partition coefficient (Wildman–Crippen LogP) is 3.60. The number of halogens is 2. The third-order valence-corrected chi connectivity index (χ3v) is 7.94. The first-order valence-corrected chi connectivity index (χ1v) is 13.6. The van der Waals surface area contributed by atoms with Crippen LogP contribution in [0.3, 0.4) is 0 Å². The summed E-state index contributed by atoms with van der Waals surface area (Å²) < 4.78 is 44.8. The molecule has 0 spiro atoms. The van der Waals surface area contributed by atoms with Gasteiger partial charge in [0.05, 0.1) is 24.2 Å². The average molecular weight is 484 g/mol. The first-order valence-electron chi connectivity index (χ1n) is 11.2. The molecule has 1 aliphatic carbocycles. The van der Waals surface area contributed by atoms with Crippen LogP contribution in [0.4, 0.5) is 4.39 Å². The zero-order chi connectivity index (χ0) is 22.9. The summed E-state index contributed by atoms with van der Waals surface area (Å²) in [7, 11) is -1.49. The minimum atomic E-state index is -3.12. The Kier molecular flexibility index (Phi) is 7.24. The van der Waals surface area contributed by atoms with Gasteiger partial charge in [0.2, 0.25) is 5.95 Å². The van der Waals surface area contributed by atoms with Crippen molar-refractivity contribution in [3.63, 3.8) is 0 Å². The van der Waals surface area contributed by atoms with Crippen LogP contribution in [0.5, 0.6) is 0 Å². The maximum absolute atomic E-state index is 13.7. The number of sulfone groups is 1. The average Bonchev–Trinajstić information content (AvgIpc) is 3.08. The van der Waals surface area contributed by atoms with E-state index in [2.05, 4.69) is 10.00 Å². The molecule has 1 saturated carbocycles. The molecule has 2 aliphatic rings. The van der Waals surface area contributed by atoms with Gasteiger partial charge in [-0.1, -0.05) is 23.7 Å². The highest BCUT2D eigenvalue weighted by atomic mass is 35.5. The SMILES string of the molecule is Cn1nc(C2CCC(N3C[C@H](CS(C)(=O)=O)OC[C@@H]3Cc3ccc(Cl)cc3)CC2)cc1F. The molecule has 0 unspecified atom stereocenters. The second kappa shape index (κ2) is 9.79. The van der Waals surface area contributed by atoms with E-state index in [4.69, 9.17) is 16.3 Å². The van der Waals surface area contributed by atoms with Gasteiger partial charge in [0.25, 0.3) is 0 Å². The van der Waals surface area contributed by atoms with E-state index in [0.29, 0.717) is 24.2 Å². The molecule has 2 atom stereocenters. The largest absolute Gasteiger partial charge is 0.374 e. The van der Waals surface area contributed by atoms with Crippen molar-refractivity contribution >= 4 is 21.4 Å². The smallest absolute Gasteiger partial charge is 0.211 e. The minimum absolute atomic E-state index is 0.0414. The summed E-state index contributed by atoms with van der Waals surface area (Å²) >= 11 is 6.04. The van der Waals surface area contributed by atoms with E-state index in [9.17, 15) is 12.8 Å². The highest BCUT2D eigenvalue weighted by Gasteiger charge is 2.37. The molecule has 1 aliphatic heterocycles. The number of hydrogen-bond donors (Lipinski definition) is 0. The fourth-order valence-corrected chi connectivity index (χ4v) is 6.11. The van der Waals surface area contributed by atoms with Gasteiger partial charge in [0.1, 0.15) is 9.84 Å². The second-order valence-corrected chi connectivity index (χ2v) is 11.9. The van der Waals surface area contributed by atoms with Crippen LogP contribution in [0.15, 0.2) is 30.3 Å². The maximum atomic E-state index is 13.7. The Hall–Kier alpha value is -1.48. The topological polar surface area (TPSA) is 64.4 Å². The van der Waals surface area contributed by atoms with Gasteiger partial charge >= 0.3 is 0 Å². The van der Waals surface area contributed by atoms with Crippen LogP contribution >= 0.6 is 11.6 Å². The molecule has 0 N–H and O–H groups in total. The minimum Gasteiger partial charge on any atom is -0.374 e. The van der Waals surface area contributed by atoms with Crippen molar-refractivity contribution in [2.45, 2.75) is 56.2 Å². The molecule has 0 radical (unpaired) electrons. The van der Waals surface area contributed by atoms with E-state index >= 15 is 0 Å². The Morgan fingerprint density at radius 3 is 2.47 bits per heavy atom. The van der Waals surface area contributed by atoms with Crippen molar-refractivity contribution in [1.29, 1.82) is 0 Å². The summed E-state index contributed by atoms with van der Waals surface area (Å²) in [4.78, 5) is 2.46. The second-order valence-electron chi connectivity index (χ2n) is 9.25. The summed E-state index contributed by atoms with van der Waals surface area (Å²) in [5.74, 6) is 0.00572. The monoisotopic (exact) mass is 483 g/mol. The van der Waals surface area contributed by atoms with Crippen LogP contribution in [-0.2, 0) is 28.0 Å². The molecule has 0 bridgehead atoms. The summed E-state index contributed by atoms with van der Waals surface area (Å²) in [6, 6.07) is 9.95. The number of ether oxygens (including phenoxy) is 1. The highest BCUT2D eigenvalue weighted by Crippen LogP contribution is 2.36. The fourth-order valence-electron chi connectivity index (χ4n) is 5.10. The van der Waals surface area contributed by atoms with Crippen molar-refractivity contribution in [1.82, 2.24) is 14.7 Å². The molecule has 2 fully saturated rings. The number of nitrogens with zero attached hydrogens (tertiary/aromatic N) is 3. The van der Waals surface area contributed by atoms with Gasteiger partial charge in [-0.3, -0.25) is 4.90 Å². The lowest BCUT2D eigenvalue weighted by Gasteiger charge is -2.46. The van der Waals surface area contributed by atoms with Gasteiger partial charge < -0.3 is 4.74 Å². The number of rotatable bonds is 6. The lowest BCUT2D eigenvalue weighted by Crippen LogP contribution is -2.56. The van der Waals surface area contributed by atoms with Crippen LogP contribution in [-0.4, -0.2) is 66.4 Å². The van der Waals surface area contributed by atoms with E-state index < -0.39 is 9.84 Å². The Balaban J connectivity index is 1.46. The Morgan fingerprint density at radius 1 is 1.19 bits per heavy atom. The van der Waals surface area contributed by atoms with Crippen LogP contribution < -0.4 is 0 Å². The van der Waals surface area contributed by atoms with E-state index in [-0.39, 0.29) is 29.8 Å². The number of benzene rings is 1. The lowest BCUT2D eigenvalue weighted by molar-refractivity contribution is -0.0755. The molecule has 2 aromatic rings. The molecule has 176 valence electrons. The van der Waals surface area contributed by atoms with Gasteiger partial charge in [0, 0.05) is 48.9 Å². The van der Waals surface area contributed by atoms with Crippen LogP contribution in [0.25, 0.3) is 0 Å². The molecular formula is C23H31ClFN3O3S. The number of hydrogen-bond acceptors (Lipinski definition) is 5. The Morgan fingerprint density at radius 2 is 1.88 bits per heavy atom. The third kappa shape index (κ3) is 5.90. The highest BCUT2D eigenvalue weighted by molar-refractivity contribution is 7.90. The molecule has 32 heavy (non-hydrogen) atoms. The van der Waals surface area contributed by atoms with E-state index in [1.165, 1.54) is 16.5 Å². The molecule has 1 aromatic carbocycles. The third-order valence-electron chi connectivity index (χ3n) is 6.71. The van der Waals surface area contributed by atoms with Crippen molar-refractivity contribution < 1.29 is 17.5 Å². The molecule has 4 rings (SSSR count). The van der Waals surface area contributed by atoms with Crippen LogP contribution in [0.1, 0.15) is 42.9 Å². The van der Waals surface area contributed by atoms with Gasteiger partial charge in [-0.05, 0) is 49.8 Å². The summed E-state index contributed by atoms with van der Waals surface area (Å²) in [6.45, 7) is 1.12. The Bertz CT molecular complexity index is 1000. The van der Waals surface area contributed by atoms with E-state index in [0.717, 1.165) is 37.8 Å². The molecule has 0 amide bonds. The normalized spacial score (nSPS) is 27.5. The molecule has 9 heteroatoms. The van der Waals surface area contributed by atoms with Gasteiger partial charge in [-0.2, -0.15) is 9.49 Å². The predicted molar refractivity (Wildman–Crippen MR) is 123 cm³/mol. The quantitative estimate of drug-likeness (QED) is 0.628. The van der Waals surface area contributed by atoms with Crippen molar-refractivity contribution in [3.8, 4) is 0 Å². The number of morpholine rings is 1. The molecule has 1 aromatic heterocycles. The molecule has 6 nitrogen and oxygen atoms in total. The van der Waals surface area contributed by atoms with Crippen LogP contribution in [0, 0.1) is 5.95 Å². The molecule has 2 heterocycles. The first kappa shape index (κ1) is 23.7. The summed E-state index contributed by atoms with van der Waals surface area (Å²) in [6.07, 6.45) is 5.63. The standard InChI is InChI=1S/C23H31ClFN3O3S/c1-27-23(25)12-22(26-27)17-5-9-19(10-6-17)28-13-21(15-32(2,29)30)31-14-20(28)11-16-3-7-18(24)8-4-16/h3-4,7-8,12,17,19-21H,5-6,9-11,13-15H2,1-2H3/t17?,19?,20-,21+/m0/s1.